The van der Waals surface area contributed by atoms with Crippen LogP contribution in [0.3, 0.4) is 0 Å². The predicted octanol–water partition coefficient (Wildman–Crippen LogP) is 2.17. The molecule has 1 aromatic carbocycles. The van der Waals surface area contributed by atoms with E-state index in [1.807, 2.05) is 26.0 Å². The van der Waals surface area contributed by atoms with Gasteiger partial charge in [-0.15, -0.1) is 11.8 Å². The van der Waals surface area contributed by atoms with Crippen LogP contribution in [0.4, 0.5) is 4.79 Å². The van der Waals surface area contributed by atoms with Crippen molar-refractivity contribution in [2.45, 2.75) is 38.2 Å². The predicted molar refractivity (Wildman–Crippen MR) is 89.4 cm³/mol. The van der Waals surface area contributed by atoms with Crippen LogP contribution in [0.25, 0.3) is 0 Å². The Morgan fingerprint density at radius 1 is 1.22 bits per heavy atom. The summed E-state index contributed by atoms with van der Waals surface area (Å²) in [6.07, 6.45) is -0.818. The van der Waals surface area contributed by atoms with Crippen LogP contribution in [0.5, 0.6) is 0 Å². The molecule has 1 atom stereocenters. The molecule has 0 saturated carbocycles. The van der Waals surface area contributed by atoms with Crippen LogP contribution in [0.2, 0.25) is 0 Å². The second-order valence-electron chi connectivity index (χ2n) is 5.04. The summed E-state index contributed by atoms with van der Waals surface area (Å²) in [7, 11) is 1.39. The standard InChI is InChI=1S/C16H22N2O4S/c1-10-5-6-13(9-11(10)2)23-8-7-14(19)22-12(3)15(20)18-16(21)17-4/h5-6,9,12H,7-8H2,1-4H3,(H2,17,18,20,21)/t12-/m1/s1. The van der Waals surface area contributed by atoms with E-state index < -0.39 is 24.0 Å². The number of urea groups is 1. The molecule has 0 unspecified atom stereocenters. The van der Waals surface area contributed by atoms with Crippen molar-refractivity contribution in [2.24, 2.45) is 0 Å². The molecule has 6 nitrogen and oxygen atoms in total. The summed E-state index contributed by atoms with van der Waals surface area (Å²) >= 11 is 1.56. The van der Waals surface area contributed by atoms with Gasteiger partial charge in [0.1, 0.15) is 0 Å². The van der Waals surface area contributed by atoms with Crippen molar-refractivity contribution in [3.63, 3.8) is 0 Å². The van der Waals surface area contributed by atoms with Crippen LogP contribution in [-0.2, 0) is 14.3 Å². The molecule has 0 radical (unpaired) electrons. The SMILES string of the molecule is CNC(=O)NC(=O)[C@@H](C)OC(=O)CCSc1ccc(C)c(C)c1. The Balaban J connectivity index is 2.34. The van der Waals surface area contributed by atoms with Gasteiger partial charge in [0, 0.05) is 17.7 Å². The summed E-state index contributed by atoms with van der Waals surface area (Å²) in [6.45, 7) is 5.51. The molecule has 3 amide bonds. The zero-order valence-corrected chi connectivity index (χ0v) is 14.6. The first-order chi connectivity index (χ1) is 10.8. The lowest BCUT2D eigenvalue weighted by molar-refractivity contribution is -0.154. The van der Waals surface area contributed by atoms with E-state index in [0.29, 0.717) is 5.75 Å². The normalized spacial score (nSPS) is 11.5. The number of rotatable bonds is 6. The van der Waals surface area contributed by atoms with Crippen molar-refractivity contribution in [1.82, 2.24) is 10.6 Å². The molecule has 126 valence electrons. The molecule has 0 fully saturated rings. The minimum absolute atomic E-state index is 0.190. The van der Waals surface area contributed by atoms with Gasteiger partial charge >= 0.3 is 12.0 Å². The average molecular weight is 338 g/mol. The monoisotopic (exact) mass is 338 g/mol. The summed E-state index contributed by atoms with van der Waals surface area (Å²) in [5.41, 5.74) is 2.43. The summed E-state index contributed by atoms with van der Waals surface area (Å²) in [5.74, 6) is -0.564. The number of carbonyl (C=O) groups excluding carboxylic acids is 3. The molecule has 0 heterocycles. The molecule has 0 aliphatic rings. The maximum Gasteiger partial charge on any atom is 0.321 e. The van der Waals surface area contributed by atoms with E-state index >= 15 is 0 Å². The second-order valence-corrected chi connectivity index (χ2v) is 6.21. The third-order valence-corrected chi connectivity index (χ3v) is 4.19. The van der Waals surface area contributed by atoms with Crippen LogP contribution in [0, 0.1) is 13.8 Å². The Hall–Kier alpha value is -2.02. The van der Waals surface area contributed by atoms with Gasteiger partial charge in [-0.3, -0.25) is 14.9 Å². The number of hydrogen-bond donors (Lipinski definition) is 2. The van der Waals surface area contributed by atoms with E-state index in [-0.39, 0.29) is 6.42 Å². The van der Waals surface area contributed by atoms with Crippen molar-refractivity contribution < 1.29 is 19.1 Å². The van der Waals surface area contributed by atoms with Gasteiger partial charge in [0.2, 0.25) is 0 Å². The molecule has 0 spiro atoms. The topological polar surface area (TPSA) is 84.5 Å². The summed E-state index contributed by atoms with van der Waals surface area (Å²) < 4.78 is 4.99. The van der Waals surface area contributed by atoms with Crippen molar-refractivity contribution in [2.75, 3.05) is 12.8 Å². The van der Waals surface area contributed by atoms with Crippen LogP contribution in [-0.4, -0.2) is 36.8 Å². The van der Waals surface area contributed by atoms with E-state index in [1.54, 1.807) is 11.8 Å². The molecule has 0 aromatic heterocycles. The Morgan fingerprint density at radius 3 is 2.52 bits per heavy atom. The summed E-state index contributed by atoms with van der Waals surface area (Å²) in [4.78, 5) is 35.4. The Labute approximate surface area is 140 Å². The van der Waals surface area contributed by atoms with Gasteiger partial charge in [-0.25, -0.2) is 4.79 Å². The number of carbonyl (C=O) groups is 3. The zero-order chi connectivity index (χ0) is 17.4. The highest BCUT2D eigenvalue weighted by molar-refractivity contribution is 7.99. The second kappa shape index (κ2) is 9.19. The Morgan fingerprint density at radius 2 is 1.91 bits per heavy atom. The van der Waals surface area contributed by atoms with Crippen molar-refractivity contribution >= 4 is 29.7 Å². The lowest BCUT2D eigenvalue weighted by atomic mass is 10.1. The average Bonchev–Trinajstić information content (AvgIpc) is 2.50. The highest BCUT2D eigenvalue weighted by Crippen LogP contribution is 2.21. The largest absolute Gasteiger partial charge is 0.453 e. The van der Waals surface area contributed by atoms with Gasteiger partial charge in [0.15, 0.2) is 6.10 Å². The fourth-order valence-corrected chi connectivity index (χ4v) is 2.57. The van der Waals surface area contributed by atoms with Crippen molar-refractivity contribution in [3.8, 4) is 0 Å². The van der Waals surface area contributed by atoms with Crippen LogP contribution in [0.15, 0.2) is 23.1 Å². The first-order valence-corrected chi connectivity index (χ1v) is 8.24. The van der Waals surface area contributed by atoms with Gasteiger partial charge in [-0.1, -0.05) is 6.07 Å². The fourth-order valence-electron chi connectivity index (χ4n) is 1.64. The number of amides is 3. The number of benzene rings is 1. The van der Waals surface area contributed by atoms with Gasteiger partial charge in [-0.05, 0) is 44.0 Å². The molecular formula is C16H22N2O4S. The first kappa shape index (κ1) is 19.0. The number of hydrogen-bond acceptors (Lipinski definition) is 5. The van der Waals surface area contributed by atoms with Crippen LogP contribution in [0.1, 0.15) is 24.5 Å². The maximum absolute atomic E-state index is 11.7. The number of imide groups is 1. The van der Waals surface area contributed by atoms with Crippen LogP contribution < -0.4 is 10.6 Å². The highest BCUT2D eigenvalue weighted by atomic mass is 32.2. The minimum Gasteiger partial charge on any atom is -0.453 e. The molecule has 0 aliphatic carbocycles. The number of esters is 1. The molecule has 1 rings (SSSR count). The molecule has 23 heavy (non-hydrogen) atoms. The summed E-state index contributed by atoms with van der Waals surface area (Å²) in [5, 5.41) is 4.31. The smallest absolute Gasteiger partial charge is 0.321 e. The number of aryl methyl sites for hydroxylation is 2. The molecule has 7 heteroatoms. The van der Waals surface area contributed by atoms with E-state index in [4.69, 9.17) is 4.74 Å². The van der Waals surface area contributed by atoms with Crippen molar-refractivity contribution in [1.29, 1.82) is 0 Å². The number of ether oxygens (including phenoxy) is 1. The molecular weight excluding hydrogens is 316 g/mol. The van der Waals surface area contributed by atoms with E-state index in [2.05, 4.69) is 16.7 Å². The van der Waals surface area contributed by atoms with E-state index in [0.717, 1.165) is 4.90 Å². The molecule has 1 aromatic rings. The molecule has 0 aliphatic heterocycles. The maximum atomic E-state index is 11.7. The quantitative estimate of drug-likeness (QED) is 0.613. The zero-order valence-electron chi connectivity index (χ0n) is 13.8. The number of nitrogens with one attached hydrogen (secondary N) is 2. The van der Waals surface area contributed by atoms with Gasteiger partial charge in [0.25, 0.3) is 5.91 Å². The molecule has 0 saturated heterocycles. The Bertz CT molecular complexity index is 589. The lowest BCUT2D eigenvalue weighted by Gasteiger charge is -2.12. The fraction of sp³-hybridized carbons (Fsp3) is 0.438. The van der Waals surface area contributed by atoms with Gasteiger partial charge in [-0.2, -0.15) is 0 Å². The van der Waals surface area contributed by atoms with Crippen LogP contribution >= 0.6 is 11.8 Å². The van der Waals surface area contributed by atoms with Crippen molar-refractivity contribution in [3.05, 3.63) is 29.3 Å². The Kier molecular flexibility index (Phi) is 7.61. The minimum atomic E-state index is -1.01. The summed E-state index contributed by atoms with van der Waals surface area (Å²) in [6, 6.07) is 5.49. The highest BCUT2D eigenvalue weighted by Gasteiger charge is 2.19. The van der Waals surface area contributed by atoms with E-state index in [1.165, 1.54) is 25.1 Å². The first-order valence-electron chi connectivity index (χ1n) is 7.25. The molecule has 2 N–H and O–H groups in total. The van der Waals surface area contributed by atoms with Gasteiger partial charge in [0.05, 0.1) is 6.42 Å². The van der Waals surface area contributed by atoms with Gasteiger partial charge < -0.3 is 10.1 Å². The third kappa shape index (κ3) is 6.73. The number of thioether (sulfide) groups is 1. The third-order valence-electron chi connectivity index (χ3n) is 3.19. The van der Waals surface area contributed by atoms with E-state index in [9.17, 15) is 14.4 Å². The molecule has 0 bridgehead atoms. The lowest BCUT2D eigenvalue weighted by Crippen LogP contribution is -2.43.